The van der Waals surface area contributed by atoms with Crippen molar-refractivity contribution in [2.75, 3.05) is 11.6 Å². The Morgan fingerprint density at radius 3 is 2.35 bits per heavy atom. The van der Waals surface area contributed by atoms with Crippen molar-refractivity contribution in [3.8, 4) is 0 Å². The van der Waals surface area contributed by atoms with E-state index in [1.54, 1.807) is 24.3 Å². The van der Waals surface area contributed by atoms with Crippen LogP contribution >= 0.6 is 23.4 Å². The first-order valence-electron chi connectivity index (χ1n) is 6.14. The van der Waals surface area contributed by atoms with E-state index in [1.165, 1.54) is 6.92 Å². The number of carbonyl (C=O) groups is 2. The summed E-state index contributed by atoms with van der Waals surface area (Å²) >= 11 is 6.57. The molecule has 0 aromatic heterocycles. The highest BCUT2D eigenvalue weighted by atomic mass is 35.5. The number of aliphatic hydroxyl groups is 2. The van der Waals surface area contributed by atoms with Crippen molar-refractivity contribution in [1.82, 2.24) is 0 Å². The highest BCUT2D eigenvalue weighted by Gasteiger charge is 2.18. The molecule has 0 amide bonds. The molecule has 1 rings (SSSR count). The highest BCUT2D eigenvalue weighted by molar-refractivity contribution is 8.13. The molecule has 20 heavy (non-hydrogen) atoms. The molecule has 0 heterocycles. The fraction of sp³-hybridized carbons (Fsp3) is 0.429. The number of Topliss-reactive ketones (excluding diaryl/α,β-unsaturated/α-hetero) is 1. The average Bonchev–Trinajstić information content (AvgIpc) is 2.45. The molecule has 1 aromatic rings. The number of rotatable bonds is 7. The summed E-state index contributed by atoms with van der Waals surface area (Å²) < 4.78 is 0. The van der Waals surface area contributed by atoms with Crippen LogP contribution in [0.1, 0.15) is 35.4 Å². The Morgan fingerprint density at radius 2 is 1.85 bits per heavy atom. The Balaban J connectivity index is 2.60. The molecule has 0 aliphatic rings. The summed E-state index contributed by atoms with van der Waals surface area (Å²) in [6.07, 6.45) is -1.67. The molecule has 2 atom stereocenters. The van der Waals surface area contributed by atoms with Gasteiger partial charge in [0.15, 0.2) is 10.9 Å². The van der Waals surface area contributed by atoms with Crippen LogP contribution in [0.3, 0.4) is 0 Å². The van der Waals surface area contributed by atoms with Gasteiger partial charge in [-0.25, -0.2) is 0 Å². The van der Waals surface area contributed by atoms with Crippen LogP contribution in [0.4, 0.5) is 0 Å². The number of halogens is 1. The van der Waals surface area contributed by atoms with E-state index in [1.807, 2.05) is 0 Å². The lowest BCUT2D eigenvalue weighted by Gasteiger charge is -2.18. The van der Waals surface area contributed by atoms with Crippen LogP contribution < -0.4 is 0 Å². The molecular weight excluding hydrogens is 300 g/mol. The minimum absolute atomic E-state index is 0.0179. The average molecular weight is 317 g/mol. The normalized spacial score (nSPS) is 13.8. The molecule has 110 valence electrons. The number of thioether (sulfide) groups is 1. The predicted octanol–water partition coefficient (Wildman–Crippen LogP) is 2.17. The molecule has 6 heteroatoms. The van der Waals surface area contributed by atoms with Gasteiger partial charge in [-0.05, 0) is 12.0 Å². The predicted molar refractivity (Wildman–Crippen MR) is 80.2 cm³/mol. The van der Waals surface area contributed by atoms with Gasteiger partial charge in [0.25, 0.3) is 0 Å². The summed E-state index contributed by atoms with van der Waals surface area (Å²) in [5.74, 6) is 0.175. The summed E-state index contributed by atoms with van der Waals surface area (Å²) in [5, 5.41) is 19.8. The van der Waals surface area contributed by atoms with E-state index in [4.69, 9.17) is 11.6 Å². The van der Waals surface area contributed by atoms with E-state index in [2.05, 4.69) is 0 Å². The van der Waals surface area contributed by atoms with Gasteiger partial charge in [-0.15, -0.1) is 11.6 Å². The number of benzene rings is 1. The van der Waals surface area contributed by atoms with Crippen LogP contribution in [0.25, 0.3) is 0 Å². The fourth-order valence-corrected chi connectivity index (χ4v) is 2.45. The Bertz CT molecular complexity index is 461. The van der Waals surface area contributed by atoms with Gasteiger partial charge in [0.1, 0.15) is 6.10 Å². The smallest absolute Gasteiger partial charge is 0.185 e. The maximum absolute atomic E-state index is 11.4. The molecule has 4 nitrogen and oxygen atoms in total. The van der Waals surface area contributed by atoms with Gasteiger partial charge in [0, 0.05) is 18.2 Å². The second-order valence-electron chi connectivity index (χ2n) is 4.32. The molecule has 0 saturated heterocycles. The summed E-state index contributed by atoms with van der Waals surface area (Å²) in [4.78, 5) is 22.1. The van der Waals surface area contributed by atoms with Gasteiger partial charge in [-0.2, -0.15) is 0 Å². The second kappa shape index (κ2) is 8.42. The molecule has 2 N–H and O–H groups in total. The van der Waals surface area contributed by atoms with Crippen LogP contribution in [0.15, 0.2) is 24.3 Å². The molecule has 2 unspecified atom stereocenters. The monoisotopic (exact) mass is 316 g/mol. The Hall–Kier alpha value is -0.880. The molecule has 0 saturated carbocycles. The zero-order valence-electron chi connectivity index (χ0n) is 11.1. The first-order valence-corrected chi connectivity index (χ1v) is 7.66. The largest absolute Gasteiger partial charge is 0.390 e. The number of carbonyl (C=O) groups excluding carboxylic acids is 2. The lowest BCUT2D eigenvalue weighted by molar-refractivity contribution is -0.109. The Labute approximate surface area is 127 Å². The van der Waals surface area contributed by atoms with Gasteiger partial charge < -0.3 is 10.2 Å². The zero-order chi connectivity index (χ0) is 15.1. The van der Waals surface area contributed by atoms with E-state index in [0.717, 1.165) is 11.8 Å². The van der Waals surface area contributed by atoms with Crippen LogP contribution in [0, 0.1) is 0 Å². The van der Waals surface area contributed by atoms with Gasteiger partial charge in [-0.1, -0.05) is 36.0 Å². The van der Waals surface area contributed by atoms with E-state index in [9.17, 15) is 19.8 Å². The number of ketones is 1. The first-order chi connectivity index (χ1) is 9.45. The topological polar surface area (TPSA) is 74.6 Å². The SMILES string of the molecule is CC(=O)SCCC(O)C(O)c1ccc(C(=O)CCl)cc1. The lowest BCUT2D eigenvalue weighted by atomic mass is 10.0. The van der Waals surface area contributed by atoms with E-state index >= 15 is 0 Å². The molecule has 0 spiro atoms. The Kier molecular flexibility index (Phi) is 7.23. The standard InChI is InChI=1S/C14H17ClO4S/c1-9(16)20-7-6-12(17)14(19)11-4-2-10(3-5-11)13(18)8-15/h2-5,12,14,17,19H,6-8H2,1H3. The van der Waals surface area contributed by atoms with Crippen molar-refractivity contribution in [2.45, 2.75) is 25.6 Å². The molecule has 0 radical (unpaired) electrons. The molecule has 0 aliphatic carbocycles. The van der Waals surface area contributed by atoms with Gasteiger partial charge in [0.05, 0.1) is 12.0 Å². The van der Waals surface area contributed by atoms with Crippen molar-refractivity contribution in [2.24, 2.45) is 0 Å². The Morgan fingerprint density at radius 1 is 1.25 bits per heavy atom. The summed E-state index contributed by atoms with van der Waals surface area (Å²) in [6, 6.07) is 6.32. The van der Waals surface area contributed by atoms with Crippen molar-refractivity contribution in [1.29, 1.82) is 0 Å². The third-order valence-corrected chi connectivity index (χ3v) is 3.87. The number of aliphatic hydroxyl groups excluding tert-OH is 2. The second-order valence-corrected chi connectivity index (χ2v) is 5.86. The summed E-state index contributed by atoms with van der Waals surface area (Å²) in [6.45, 7) is 1.46. The van der Waals surface area contributed by atoms with E-state index in [0.29, 0.717) is 23.3 Å². The maximum atomic E-state index is 11.4. The van der Waals surface area contributed by atoms with Crippen molar-refractivity contribution < 1.29 is 19.8 Å². The third kappa shape index (κ3) is 5.25. The van der Waals surface area contributed by atoms with Crippen LogP contribution in [0.2, 0.25) is 0 Å². The molecular formula is C14H17ClO4S. The van der Waals surface area contributed by atoms with Crippen molar-refractivity contribution in [3.63, 3.8) is 0 Å². The zero-order valence-corrected chi connectivity index (χ0v) is 12.7. The minimum Gasteiger partial charge on any atom is -0.390 e. The van der Waals surface area contributed by atoms with Crippen molar-refractivity contribution in [3.05, 3.63) is 35.4 Å². The maximum Gasteiger partial charge on any atom is 0.185 e. The number of hydrogen-bond donors (Lipinski definition) is 2. The van der Waals surface area contributed by atoms with Gasteiger partial charge in [-0.3, -0.25) is 9.59 Å². The minimum atomic E-state index is -1.04. The molecule has 0 fully saturated rings. The first kappa shape index (κ1) is 17.2. The van der Waals surface area contributed by atoms with Gasteiger partial charge >= 0.3 is 0 Å². The molecule has 0 bridgehead atoms. The van der Waals surface area contributed by atoms with Crippen LogP contribution in [-0.4, -0.2) is 38.8 Å². The molecule has 0 aliphatic heterocycles. The van der Waals surface area contributed by atoms with E-state index in [-0.39, 0.29) is 16.8 Å². The number of hydrogen-bond acceptors (Lipinski definition) is 5. The fourth-order valence-electron chi connectivity index (χ4n) is 1.65. The summed E-state index contributed by atoms with van der Waals surface area (Å²) in [5.41, 5.74) is 0.994. The van der Waals surface area contributed by atoms with Crippen LogP contribution in [0.5, 0.6) is 0 Å². The van der Waals surface area contributed by atoms with Crippen molar-refractivity contribution >= 4 is 34.3 Å². The van der Waals surface area contributed by atoms with Crippen LogP contribution in [-0.2, 0) is 4.79 Å². The summed E-state index contributed by atoms with van der Waals surface area (Å²) in [7, 11) is 0. The third-order valence-electron chi connectivity index (χ3n) is 2.78. The molecule has 1 aromatic carbocycles. The van der Waals surface area contributed by atoms with Gasteiger partial charge in [0.2, 0.25) is 0 Å². The lowest BCUT2D eigenvalue weighted by Crippen LogP contribution is -2.19. The quantitative estimate of drug-likeness (QED) is 0.595. The number of alkyl halides is 1. The van der Waals surface area contributed by atoms with E-state index < -0.39 is 12.2 Å². The highest BCUT2D eigenvalue weighted by Crippen LogP contribution is 2.21.